The van der Waals surface area contributed by atoms with E-state index < -0.39 is 16.3 Å². The number of rotatable bonds is 6. The number of nitrogen functional groups attached to an aromatic ring is 1. The lowest BCUT2D eigenvalue weighted by Gasteiger charge is -2.16. The first-order valence-electron chi connectivity index (χ1n) is 9.13. The van der Waals surface area contributed by atoms with Gasteiger partial charge in [0.05, 0.1) is 27.5 Å². The zero-order valence-corrected chi connectivity index (χ0v) is 17.9. The number of anilines is 3. The molecule has 0 amide bonds. The van der Waals surface area contributed by atoms with Crippen LogP contribution < -0.4 is 15.8 Å². The summed E-state index contributed by atoms with van der Waals surface area (Å²) in [5.74, 6) is 0.121. The van der Waals surface area contributed by atoms with Crippen LogP contribution in [0.2, 0.25) is 5.02 Å². The predicted octanol–water partition coefficient (Wildman–Crippen LogP) is 3.11. The van der Waals surface area contributed by atoms with Gasteiger partial charge >= 0.3 is 0 Å². The first kappa shape index (κ1) is 20.9. The molecule has 9 nitrogen and oxygen atoms in total. The van der Waals surface area contributed by atoms with Crippen molar-refractivity contribution in [2.45, 2.75) is 11.1 Å². The van der Waals surface area contributed by atoms with E-state index in [1.54, 1.807) is 24.3 Å². The molecule has 2 heterocycles. The summed E-state index contributed by atoms with van der Waals surface area (Å²) in [7, 11) is -2.01. The van der Waals surface area contributed by atoms with Crippen LogP contribution in [0, 0.1) is 0 Å². The average Bonchev–Trinajstić information content (AvgIpc) is 3.09. The second-order valence-electron chi connectivity index (χ2n) is 6.80. The maximum atomic E-state index is 12.5. The van der Waals surface area contributed by atoms with Gasteiger partial charge in [-0.25, -0.2) is 13.4 Å². The summed E-state index contributed by atoms with van der Waals surface area (Å²) in [6, 6.07) is 11.3. The molecule has 31 heavy (non-hydrogen) atoms. The predicted molar refractivity (Wildman–Crippen MR) is 120 cm³/mol. The number of hydrogen-bond donors (Lipinski definition) is 4. The highest BCUT2D eigenvalue weighted by Crippen LogP contribution is 2.33. The van der Waals surface area contributed by atoms with Crippen LogP contribution in [-0.4, -0.2) is 28.1 Å². The van der Waals surface area contributed by atoms with Gasteiger partial charge in [-0.2, -0.15) is 0 Å². The number of nitrogens with one attached hydrogen (secondary N) is 2. The van der Waals surface area contributed by atoms with Gasteiger partial charge in [-0.15, -0.1) is 0 Å². The van der Waals surface area contributed by atoms with Gasteiger partial charge in [0, 0.05) is 36.0 Å². The second kappa shape index (κ2) is 8.06. The van der Waals surface area contributed by atoms with Crippen molar-refractivity contribution in [3.05, 3.63) is 71.8 Å². The Labute approximate surface area is 183 Å². The first-order valence-corrected chi connectivity index (χ1v) is 11.0. The molecule has 0 aliphatic rings. The molecule has 0 spiro atoms. The quantitative estimate of drug-likeness (QED) is 0.257. The summed E-state index contributed by atoms with van der Waals surface area (Å²) in [5.41, 5.74) is 8.25. The highest BCUT2D eigenvalue weighted by molar-refractivity contribution is 7.92. The molecule has 11 heteroatoms. The Bertz CT molecular complexity index is 1340. The summed E-state index contributed by atoms with van der Waals surface area (Å²) in [6.45, 7) is 0. The second-order valence-corrected chi connectivity index (χ2v) is 8.86. The van der Waals surface area contributed by atoms with E-state index in [1.807, 2.05) is 17.7 Å². The number of fused-ring (bicyclic) bond motifs is 1. The monoisotopic (exact) mass is 458 g/mol. The van der Waals surface area contributed by atoms with Gasteiger partial charge < -0.3 is 20.7 Å². The van der Waals surface area contributed by atoms with Crippen molar-refractivity contribution in [3.8, 4) is 0 Å². The van der Waals surface area contributed by atoms with Crippen molar-refractivity contribution in [1.82, 2.24) is 14.5 Å². The molecule has 2 aromatic carbocycles. The van der Waals surface area contributed by atoms with Gasteiger partial charge in [0.1, 0.15) is 0 Å². The van der Waals surface area contributed by atoms with Crippen LogP contribution in [-0.2, 0) is 17.1 Å². The van der Waals surface area contributed by atoms with E-state index in [9.17, 15) is 13.5 Å². The zero-order chi connectivity index (χ0) is 22.2. The molecular formula is C20H19ClN6O3S. The minimum Gasteiger partial charge on any atom is -0.398 e. The summed E-state index contributed by atoms with van der Waals surface area (Å²) >= 11 is 6.28. The third-order valence-electron chi connectivity index (χ3n) is 4.78. The van der Waals surface area contributed by atoms with Crippen LogP contribution in [0.4, 0.5) is 17.2 Å². The van der Waals surface area contributed by atoms with Gasteiger partial charge in [-0.1, -0.05) is 11.6 Å². The molecule has 4 rings (SSSR count). The lowest BCUT2D eigenvalue weighted by molar-refractivity contribution is 0.200. The molecule has 0 fully saturated rings. The highest BCUT2D eigenvalue weighted by atomic mass is 35.5. The molecule has 160 valence electrons. The Balaban J connectivity index is 1.53. The molecule has 0 aliphatic carbocycles. The van der Waals surface area contributed by atoms with Crippen molar-refractivity contribution < 1.29 is 13.5 Å². The molecular weight excluding hydrogens is 440 g/mol. The average molecular weight is 459 g/mol. The molecule has 0 saturated heterocycles. The van der Waals surface area contributed by atoms with Crippen LogP contribution in [0.5, 0.6) is 0 Å². The number of aliphatic hydroxyl groups excluding tert-OH is 1. The standard InChI is InChI=1S/C20H19ClN6O3S/c1-27-16-7-6-15(22)19(21)14(16)10-17(27)20(28)25-12-2-4-13(5-3-12)31(29,30)26-18-11-23-8-9-24-18/h2-11,20,25,28H,22H2,1H3,(H,24,26). The number of nitrogens with two attached hydrogens (primary N) is 1. The van der Waals surface area contributed by atoms with Crippen molar-refractivity contribution in [2.75, 3.05) is 15.8 Å². The third-order valence-corrected chi connectivity index (χ3v) is 6.57. The fourth-order valence-corrected chi connectivity index (χ4v) is 4.39. The summed E-state index contributed by atoms with van der Waals surface area (Å²) in [4.78, 5) is 7.77. The fraction of sp³-hybridized carbons (Fsp3) is 0.100. The smallest absolute Gasteiger partial charge is 0.263 e. The van der Waals surface area contributed by atoms with E-state index in [2.05, 4.69) is 20.0 Å². The molecule has 2 aromatic heterocycles. The Kier molecular flexibility index (Phi) is 5.44. The highest BCUT2D eigenvalue weighted by Gasteiger charge is 2.18. The van der Waals surface area contributed by atoms with Crippen LogP contribution in [0.25, 0.3) is 10.9 Å². The maximum absolute atomic E-state index is 12.5. The maximum Gasteiger partial charge on any atom is 0.263 e. The fourth-order valence-electron chi connectivity index (χ4n) is 3.19. The minimum absolute atomic E-state index is 0.0463. The third kappa shape index (κ3) is 4.13. The van der Waals surface area contributed by atoms with Crippen molar-refractivity contribution >= 4 is 49.7 Å². The van der Waals surface area contributed by atoms with Gasteiger partial charge in [-0.3, -0.25) is 9.71 Å². The lowest BCUT2D eigenvalue weighted by atomic mass is 10.2. The van der Waals surface area contributed by atoms with E-state index in [4.69, 9.17) is 17.3 Å². The number of sulfonamides is 1. The lowest BCUT2D eigenvalue weighted by Crippen LogP contribution is -2.15. The summed E-state index contributed by atoms with van der Waals surface area (Å²) in [5, 5.41) is 14.8. The SMILES string of the molecule is Cn1c(C(O)Nc2ccc(S(=O)(=O)Nc3cnccn3)cc2)cc2c(Cl)c(N)ccc21. The molecule has 0 aliphatic heterocycles. The number of hydrogen-bond acceptors (Lipinski definition) is 7. The molecule has 1 unspecified atom stereocenters. The van der Waals surface area contributed by atoms with E-state index >= 15 is 0 Å². The first-order chi connectivity index (χ1) is 14.8. The van der Waals surface area contributed by atoms with E-state index in [1.165, 1.54) is 30.7 Å². The van der Waals surface area contributed by atoms with Gasteiger partial charge in [0.25, 0.3) is 10.0 Å². The van der Waals surface area contributed by atoms with Crippen molar-refractivity contribution in [1.29, 1.82) is 0 Å². The van der Waals surface area contributed by atoms with E-state index in [0.29, 0.717) is 22.1 Å². The Morgan fingerprint density at radius 3 is 2.58 bits per heavy atom. The van der Waals surface area contributed by atoms with Crippen molar-refractivity contribution in [2.24, 2.45) is 7.05 Å². The topological polar surface area (TPSA) is 135 Å². The molecule has 0 saturated carbocycles. The van der Waals surface area contributed by atoms with E-state index in [-0.39, 0.29) is 10.7 Å². The van der Waals surface area contributed by atoms with Gasteiger partial charge in [0.15, 0.2) is 12.0 Å². The number of aromatic nitrogens is 3. The zero-order valence-electron chi connectivity index (χ0n) is 16.3. The van der Waals surface area contributed by atoms with Crippen molar-refractivity contribution in [3.63, 3.8) is 0 Å². The molecule has 0 bridgehead atoms. The minimum atomic E-state index is -3.82. The van der Waals surface area contributed by atoms with Gasteiger partial charge in [-0.05, 0) is 42.5 Å². The van der Waals surface area contributed by atoms with Crippen LogP contribution >= 0.6 is 11.6 Å². The number of halogens is 1. The van der Waals surface area contributed by atoms with Crippen LogP contribution in [0.1, 0.15) is 11.9 Å². The number of benzene rings is 2. The molecule has 5 N–H and O–H groups in total. The number of aryl methyl sites for hydroxylation is 1. The Morgan fingerprint density at radius 2 is 1.90 bits per heavy atom. The summed E-state index contributed by atoms with van der Waals surface area (Å²) in [6.07, 6.45) is 3.09. The van der Waals surface area contributed by atoms with Crippen LogP contribution in [0.3, 0.4) is 0 Å². The molecule has 4 aromatic rings. The Morgan fingerprint density at radius 1 is 1.16 bits per heavy atom. The number of aliphatic hydroxyl groups is 1. The Hall–Kier alpha value is -3.34. The molecule has 1 atom stereocenters. The number of nitrogens with zero attached hydrogens (tertiary/aromatic N) is 3. The summed E-state index contributed by atoms with van der Waals surface area (Å²) < 4.78 is 29.1. The van der Waals surface area contributed by atoms with Gasteiger partial charge in [0.2, 0.25) is 0 Å². The largest absolute Gasteiger partial charge is 0.398 e. The normalized spacial score (nSPS) is 12.6. The van der Waals surface area contributed by atoms with Crippen LogP contribution in [0.15, 0.2) is 66.0 Å². The van der Waals surface area contributed by atoms with E-state index in [0.717, 1.165) is 10.9 Å². The molecule has 0 radical (unpaired) electrons.